The molecule has 1 unspecified atom stereocenters. The average Bonchev–Trinajstić information content (AvgIpc) is 2.38. The molecule has 1 N–H and O–H groups in total. The third-order valence-corrected chi connectivity index (χ3v) is 3.41. The van der Waals surface area contributed by atoms with E-state index in [2.05, 4.69) is 35.2 Å². The van der Waals surface area contributed by atoms with Gasteiger partial charge in [0.1, 0.15) is 0 Å². The number of aliphatic carboxylic acids is 1. The maximum Gasteiger partial charge on any atom is 0.303 e. The number of hydrogen-bond acceptors (Lipinski definition) is 2. The maximum atomic E-state index is 10.8. The molecule has 2 rings (SSSR count). The molecule has 1 atom stereocenters. The van der Waals surface area contributed by atoms with Gasteiger partial charge in [-0.15, -0.1) is 0 Å². The van der Waals surface area contributed by atoms with Gasteiger partial charge in [-0.3, -0.25) is 4.79 Å². The molecular weight excluding hydrogens is 238 g/mol. The molecule has 0 aliphatic heterocycles. The van der Waals surface area contributed by atoms with Crippen LogP contribution < -0.4 is 0 Å². The largest absolute Gasteiger partial charge is 0.481 e. The molecular formula is C16H19NO2. The van der Waals surface area contributed by atoms with Crippen LogP contribution in [0.1, 0.15) is 24.4 Å². The molecule has 0 fully saturated rings. The van der Waals surface area contributed by atoms with E-state index < -0.39 is 5.97 Å². The number of benzene rings is 2. The molecule has 0 bridgehead atoms. The number of carbonyl (C=O) groups is 1. The van der Waals surface area contributed by atoms with Crippen LogP contribution in [-0.2, 0) is 4.79 Å². The molecule has 3 nitrogen and oxygen atoms in total. The minimum atomic E-state index is -0.743. The Labute approximate surface area is 113 Å². The van der Waals surface area contributed by atoms with Gasteiger partial charge in [0.25, 0.3) is 0 Å². The van der Waals surface area contributed by atoms with E-state index in [0.29, 0.717) is 6.42 Å². The van der Waals surface area contributed by atoms with Gasteiger partial charge in [-0.05, 0) is 42.9 Å². The lowest BCUT2D eigenvalue weighted by atomic mass is 9.98. The Hall–Kier alpha value is -1.87. The summed E-state index contributed by atoms with van der Waals surface area (Å²) < 4.78 is 0. The number of fused-ring (bicyclic) bond motifs is 1. The Balaban J connectivity index is 2.30. The standard InChI is InChI=1S/C16H19NO2/c1-17(2)15(9-10-16(18)19)14-8-7-12-5-3-4-6-13(12)11-14/h3-8,11,15H,9-10H2,1-2H3,(H,18,19). The van der Waals surface area contributed by atoms with E-state index in [9.17, 15) is 4.79 Å². The minimum Gasteiger partial charge on any atom is -0.481 e. The second-order valence-corrected chi connectivity index (χ2v) is 5.02. The van der Waals surface area contributed by atoms with Crippen LogP contribution >= 0.6 is 0 Å². The Morgan fingerprint density at radius 3 is 2.47 bits per heavy atom. The first-order valence-electron chi connectivity index (χ1n) is 6.45. The van der Waals surface area contributed by atoms with Crippen molar-refractivity contribution >= 4 is 16.7 Å². The van der Waals surface area contributed by atoms with Gasteiger partial charge in [0.05, 0.1) is 0 Å². The molecule has 0 aliphatic carbocycles. The monoisotopic (exact) mass is 257 g/mol. The molecule has 2 aromatic carbocycles. The van der Waals surface area contributed by atoms with Crippen molar-refractivity contribution in [2.24, 2.45) is 0 Å². The van der Waals surface area contributed by atoms with E-state index in [1.54, 1.807) is 0 Å². The summed E-state index contributed by atoms with van der Waals surface area (Å²) >= 11 is 0. The average molecular weight is 257 g/mol. The number of rotatable bonds is 5. The fourth-order valence-corrected chi connectivity index (χ4v) is 2.40. The topological polar surface area (TPSA) is 40.5 Å². The summed E-state index contributed by atoms with van der Waals surface area (Å²) in [4.78, 5) is 12.8. The van der Waals surface area contributed by atoms with Crippen LogP contribution in [0.15, 0.2) is 42.5 Å². The summed E-state index contributed by atoms with van der Waals surface area (Å²) in [5.74, 6) is -0.743. The van der Waals surface area contributed by atoms with Gasteiger partial charge in [-0.1, -0.05) is 36.4 Å². The van der Waals surface area contributed by atoms with Gasteiger partial charge in [0, 0.05) is 12.5 Å². The molecule has 19 heavy (non-hydrogen) atoms. The number of carboxylic acids is 1. The third-order valence-electron chi connectivity index (χ3n) is 3.41. The zero-order valence-electron chi connectivity index (χ0n) is 11.3. The molecule has 3 heteroatoms. The highest BCUT2D eigenvalue weighted by Gasteiger charge is 2.15. The summed E-state index contributed by atoms with van der Waals surface area (Å²) in [6.07, 6.45) is 0.816. The second-order valence-electron chi connectivity index (χ2n) is 5.02. The normalized spacial score (nSPS) is 12.8. The molecule has 0 saturated heterocycles. The Morgan fingerprint density at radius 1 is 1.16 bits per heavy atom. The SMILES string of the molecule is CN(C)C(CCC(=O)O)c1ccc2ccccc2c1. The Kier molecular flexibility index (Phi) is 4.17. The van der Waals surface area contributed by atoms with Gasteiger partial charge >= 0.3 is 5.97 Å². The Bertz CT molecular complexity index is 578. The first-order valence-corrected chi connectivity index (χ1v) is 6.45. The van der Waals surface area contributed by atoms with Crippen molar-refractivity contribution in [1.82, 2.24) is 4.90 Å². The van der Waals surface area contributed by atoms with Gasteiger partial charge < -0.3 is 10.0 Å². The number of nitrogens with zero attached hydrogens (tertiary/aromatic N) is 1. The summed E-state index contributed by atoms with van der Waals surface area (Å²) in [5, 5.41) is 11.3. The lowest BCUT2D eigenvalue weighted by molar-refractivity contribution is -0.137. The first-order chi connectivity index (χ1) is 9.08. The number of carboxylic acid groups (broad SMARTS) is 1. The molecule has 100 valence electrons. The van der Waals surface area contributed by atoms with E-state index in [-0.39, 0.29) is 12.5 Å². The summed E-state index contributed by atoms with van der Waals surface area (Å²) in [6.45, 7) is 0. The molecule has 0 heterocycles. The van der Waals surface area contributed by atoms with Crippen LogP contribution in [0.3, 0.4) is 0 Å². The zero-order chi connectivity index (χ0) is 13.8. The highest BCUT2D eigenvalue weighted by Crippen LogP contribution is 2.26. The van der Waals surface area contributed by atoms with Crippen LogP contribution in [0, 0.1) is 0 Å². The quantitative estimate of drug-likeness (QED) is 0.893. The van der Waals surface area contributed by atoms with Crippen LogP contribution in [0.2, 0.25) is 0 Å². The summed E-state index contributed by atoms with van der Waals surface area (Å²) in [7, 11) is 3.98. The number of hydrogen-bond donors (Lipinski definition) is 1. The van der Waals surface area contributed by atoms with Crippen LogP contribution in [0.4, 0.5) is 0 Å². The molecule has 0 aliphatic rings. The van der Waals surface area contributed by atoms with E-state index in [4.69, 9.17) is 5.11 Å². The van der Waals surface area contributed by atoms with Crippen molar-refractivity contribution in [3.8, 4) is 0 Å². The molecule has 0 radical (unpaired) electrons. The van der Waals surface area contributed by atoms with Gasteiger partial charge in [-0.2, -0.15) is 0 Å². The third kappa shape index (κ3) is 3.32. The van der Waals surface area contributed by atoms with E-state index in [1.807, 2.05) is 26.2 Å². The molecule has 0 aromatic heterocycles. The van der Waals surface area contributed by atoms with Crippen molar-refractivity contribution in [3.05, 3.63) is 48.0 Å². The van der Waals surface area contributed by atoms with Gasteiger partial charge in [0.15, 0.2) is 0 Å². The highest BCUT2D eigenvalue weighted by atomic mass is 16.4. The van der Waals surface area contributed by atoms with Crippen molar-refractivity contribution in [1.29, 1.82) is 0 Å². The smallest absolute Gasteiger partial charge is 0.303 e. The van der Waals surface area contributed by atoms with Crippen molar-refractivity contribution in [2.45, 2.75) is 18.9 Å². The minimum absolute atomic E-state index is 0.140. The molecule has 0 saturated carbocycles. The lowest BCUT2D eigenvalue weighted by Gasteiger charge is -2.24. The van der Waals surface area contributed by atoms with Crippen LogP contribution in [0.25, 0.3) is 10.8 Å². The van der Waals surface area contributed by atoms with Crippen molar-refractivity contribution < 1.29 is 9.90 Å². The summed E-state index contributed by atoms with van der Waals surface area (Å²) in [6, 6.07) is 14.7. The predicted molar refractivity (Wildman–Crippen MR) is 77.2 cm³/mol. The van der Waals surface area contributed by atoms with Crippen molar-refractivity contribution in [2.75, 3.05) is 14.1 Å². The molecule has 2 aromatic rings. The fraction of sp³-hybridized carbons (Fsp3) is 0.312. The molecule has 0 spiro atoms. The highest BCUT2D eigenvalue weighted by molar-refractivity contribution is 5.83. The maximum absolute atomic E-state index is 10.8. The first kappa shape index (κ1) is 13.6. The summed E-state index contributed by atoms with van der Waals surface area (Å²) in [5.41, 5.74) is 1.17. The second kappa shape index (κ2) is 5.85. The Morgan fingerprint density at radius 2 is 1.84 bits per heavy atom. The van der Waals surface area contributed by atoms with Crippen LogP contribution in [-0.4, -0.2) is 30.1 Å². The van der Waals surface area contributed by atoms with Crippen molar-refractivity contribution in [3.63, 3.8) is 0 Å². The molecule has 0 amide bonds. The lowest BCUT2D eigenvalue weighted by Crippen LogP contribution is -2.20. The van der Waals surface area contributed by atoms with E-state index >= 15 is 0 Å². The van der Waals surface area contributed by atoms with E-state index in [1.165, 1.54) is 16.3 Å². The zero-order valence-corrected chi connectivity index (χ0v) is 11.3. The van der Waals surface area contributed by atoms with Gasteiger partial charge in [0.2, 0.25) is 0 Å². The van der Waals surface area contributed by atoms with Crippen LogP contribution in [0.5, 0.6) is 0 Å². The predicted octanol–water partition coefficient (Wildman–Crippen LogP) is 3.31. The van der Waals surface area contributed by atoms with Gasteiger partial charge in [-0.25, -0.2) is 0 Å². The fourth-order valence-electron chi connectivity index (χ4n) is 2.40. The van der Waals surface area contributed by atoms with E-state index in [0.717, 1.165) is 0 Å².